The molecule has 2 rings (SSSR count). The first kappa shape index (κ1) is 8.55. The lowest BCUT2D eigenvalue weighted by molar-refractivity contribution is -0.0155. The highest BCUT2D eigenvalue weighted by Crippen LogP contribution is 2.43. The van der Waals surface area contributed by atoms with Crippen molar-refractivity contribution in [1.82, 2.24) is 0 Å². The summed E-state index contributed by atoms with van der Waals surface area (Å²) < 4.78 is 0. The Labute approximate surface area is 75.2 Å². The maximum atomic E-state index is 9.82. The Bertz CT molecular complexity index is 137. The van der Waals surface area contributed by atoms with Gasteiger partial charge >= 0.3 is 0 Å². The fourth-order valence-corrected chi connectivity index (χ4v) is 3.23. The molecule has 70 valence electrons. The lowest BCUT2D eigenvalue weighted by atomic mass is 9.65. The monoisotopic (exact) mass is 168 g/mol. The van der Waals surface area contributed by atoms with Gasteiger partial charge in [0.05, 0.1) is 6.10 Å². The van der Waals surface area contributed by atoms with Gasteiger partial charge in [-0.2, -0.15) is 0 Å². The fourth-order valence-electron chi connectivity index (χ4n) is 3.23. The first-order chi connectivity index (χ1) is 5.79. The van der Waals surface area contributed by atoms with Gasteiger partial charge in [0.1, 0.15) is 0 Å². The number of hydrogen-bond acceptors (Lipinski definition) is 1. The topological polar surface area (TPSA) is 20.2 Å². The highest BCUT2D eigenvalue weighted by Gasteiger charge is 2.37. The molecule has 0 saturated heterocycles. The van der Waals surface area contributed by atoms with E-state index in [1.165, 1.54) is 32.1 Å². The van der Waals surface area contributed by atoms with E-state index < -0.39 is 0 Å². The fraction of sp³-hybridized carbons (Fsp3) is 1.00. The molecule has 1 nitrogen and oxygen atoms in total. The summed E-state index contributed by atoms with van der Waals surface area (Å²) in [6.07, 6.45) is 7.76. The van der Waals surface area contributed by atoms with E-state index in [2.05, 4.69) is 6.92 Å². The second-order valence-corrected chi connectivity index (χ2v) is 4.73. The van der Waals surface area contributed by atoms with E-state index in [0.717, 1.165) is 18.3 Å². The maximum Gasteiger partial charge on any atom is 0.0571 e. The smallest absolute Gasteiger partial charge is 0.0571 e. The zero-order valence-electron chi connectivity index (χ0n) is 8.00. The van der Waals surface area contributed by atoms with E-state index >= 15 is 0 Å². The molecule has 1 N–H and O–H groups in total. The van der Waals surface area contributed by atoms with Crippen molar-refractivity contribution in [3.8, 4) is 0 Å². The molecule has 0 aromatic carbocycles. The third kappa shape index (κ3) is 1.39. The Kier molecular flexibility index (Phi) is 2.40. The Morgan fingerprint density at radius 1 is 0.917 bits per heavy atom. The van der Waals surface area contributed by atoms with Crippen LogP contribution in [0.1, 0.15) is 45.4 Å². The first-order valence-corrected chi connectivity index (χ1v) is 5.47. The Hall–Kier alpha value is -0.0400. The second-order valence-electron chi connectivity index (χ2n) is 4.73. The Balaban J connectivity index is 2.05. The predicted octanol–water partition coefficient (Wildman–Crippen LogP) is 2.58. The van der Waals surface area contributed by atoms with Crippen LogP contribution in [0.25, 0.3) is 0 Å². The van der Waals surface area contributed by atoms with Gasteiger partial charge in [-0.3, -0.25) is 0 Å². The van der Waals surface area contributed by atoms with E-state index in [1.807, 2.05) is 0 Å². The van der Waals surface area contributed by atoms with Gasteiger partial charge in [-0.15, -0.1) is 0 Å². The van der Waals surface area contributed by atoms with E-state index in [1.54, 1.807) is 0 Å². The average Bonchev–Trinajstić information content (AvgIpc) is 2.12. The molecule has 12 heavy (non-hydrogen) atoms. The lowest BCUT2D eigenvalue weighted by Crippen LogP contribution is -2.38. The molecule has 0 aromatic heterocycles. The molecule has 1 heteroatoms. The van der Waals surface area contributed by atoms with Crippen LogP contribution in [0.5, 0.6) is 0 Å². The first-order valence-electron chi connectivity index (χ1n) is 5.47. The van der Waals surface area contributed by atoms with Crippen molar-refractivity contribution in [2.75, 3.05) is 0 Å². The Morgan fingerprint density at radius 3 is 2.25 bits per heavy atom. The second kappa shape index (κ2) is 3.37. The van der Waals surface area contributed by atoms with E-state index in [4.69, 9.17) is 0 Å². The summed E-state index contributed by atoms with van der Waals surface area (Å²) in [4.78, 5) is 0. The molecule has 2 fully saturated rings. The van der Waals surface area contributed by atoms with Crippen molar-refractivity contribution in [2.45, 2.75) is 51.6 Å². The van der Waals surface area contributed by atoms with Gasteiger partial charge < -0.3 is 5.11 Å². The van der Waals surface area contributed by atoms with Crippen LogP contribution in [-0.4, -0.2) is 11.2 Å². The summed E-state index contributed by atoms with van der Waals surface area (Å²) in [5, 5.41) is 9.82. The van der Waals surface area contributed by atoms with Gasteiger partial charge in [-0.05, 0) is 43.4 Å². The third-order valence-electron chi connectivity index (χ3n) is 4.02. The molecule has 2 aliphatic carbocycles. The van der Waals surface area contributed by atoms with Crippen molar-refractivity contribution >= 4 is 0 Å². The van der Waals surface area contributed by atoms with Gasteiger partial charge in [0.15, 0.2) is 0 Å². The van der Waals surface area contributed by atoms with Crippen LogP contribution >= 0.6 is 0 Å². The number of fused-ring (bicyclic) bond motifs is 1. The summed E-state index contributed by atoms with van der Waals surface area (Å²) in [6.45, 7) is 2.37. The quantitative estimate of drug-likeness (QED) is 0.589. The zero-order valence-corrected chi connectivity index (χ0v) is 8.00. The molecule has 0 aliphatic heterocycles. The molecule has 0 bridgehead atoms. The molecule has 2 aliphatic rings. The normalized spacial score (nSPS) is 48.5. The molecular weight excluding hydrogens is 148 g/mol. The lowest BCUT2D eigenvalue weighted by Gasteiger charge is -2.42. The molecule has 0 heterocycles. The van der Waals surface area contributed by atoms with Crippen molar-refractivity contribution in [1.29, 1.82) is 0 Å². The highest BCUT2D eigenvalue weighted by atomic mass is 16.3. The minimum atomic E-state index is 0.0338. The standard InChI is InChI=1S/C11H20O/c1-8-6-7-11(12)10-5-3-2-4-9(8)10/h8-12H,2-7H2,1H3/t8-,9?,10?,11?/m0/s1. The maximum absolute atomic E-state index is 9.82. The van der Waals surface area contributed by atoms with Crippen molar-refractivity contribution in [3.05, 3.63) is 0 Å². The van der Waals surface area contributed by atoms with E-state index in [9.17, 15) is 5.11 Å². The van der Waals surface area contributed by atoms with Gasteiger partial charge in [0, 0.05) is 0 Å². The Morgan fingerprint density at radius 2 is 1.58 bits per heavy atom. The van der Waals surface area contributed by atoms with Crippen molar-refractivity contribution < 1.29 is 5.11 Å². The molecule has 2 saturated carbocycles. The van der Waals surface area contributed by atoms with Gasteiger partial charge in [0.25, 0.3) is 0 Å². The molecule has 4 atom stereocenters. The SMILES string of the molecule is C[C@H]1CCC(O)C2CCCCC21. The predicted molar refractivity (Wildman–Crippen MR) is 49.9 cm³/mol. The number of rotatable bonds is 0. The summed E-state index contributed by atoms with van der Waals surface area (Å²) in [7, 11) is 0. The van der Waals surface area contributed by atoms with Gasteiger partial charge in [-0.1, -0.05) is 19.8 Å². The molecule has 0 radical (unpaired) electrons. The van der Waals surface area contributed by atoms with Crippen LogP contribution in [0.4, 0.5) is 0 Å². The van der Waals surface area contributed by atoms with Crippen LogP contribution in [0.15, 0.2) is 0 Å². The van der Waals surface area contributed by atoms with E-state index in [0.29, 0.717) is 5.92 Å². The van der Waals surface area contributed by atoms with E-state index in [-0.39, 0.29) is 6.10 Å². The van der Waals surface area contributed by atoms with Gasteiger partial charge in [0.2, 0.25) is 0 Å². The minimum absolute atomic E-state index is 0.0338. The molecular formula is C11H20O. The van der Waals surface area contributed by atoms with Crippen molar-refractivity contribution in [2.24, 2.45) is 17.8 Å². The number of aliphatic hydroxyl groups excluding tert-OH is 1. The van der Waals surface area contributed by atoms with Crippen LogP contribution < -0.4 is 0 Å². The van der Waals surface area contributed by atoms with Crippen LogP contribution in [0.3, 0.4) is 0 Å². The summed E-state index contributed by atoms with van der Waals surface area (Å²) in [6, 6.07) is 0. The molecule has 0 amide bonds. The summed E-state index contributed by atoms with van der Waals surface area (Å²) in [5.74, 6) is 2.38. The van der Waals surface area contributed by atoms with Gasteiger partial charge in [-0.25, -0.2) is 0 Å². The van der Waals surface area contributed by atoms with Crippen LogP contribution in [0.2, 0.25) is 0 Å². The minimum Gasteiger partial charge on any atom is -0.393 e. The molecule has 0 spiro atoms. The summed E-state index contributed by atoms with van der Waals surface area (Å²) >= 11 is 0. The average molecular weight is 168 g/mol. The van der Waals surface area contributed by atoms with Crippen LogP contribution in [-0.2, 0) is 0 Å². The molecule has 0 aromatic rings. The number of aliphatic hydroxyl groups is 1. The third-order valence-corrected chi connectivity index (χ3v) is 4.02. The summed E-state index contributed by atoms with van der Waals surface area (Å²) in [5.41, 5.74) is 0. The highest BCUT2D eigenvalue weighted by molar-refractivity contribution is 4.88. The largest absolute Gasteiger partial charge is 0.393 e. The zero-order chi connectivity index (χ0) is 8.55. The van der Waals surface area contributed by atoms with Crippen LogP contribution in [0, 0.1) is 17.8 Å². The van der Waals surface area contributed by atoms with Crippen molar-refractivity contribution in [3.63, 3.8) is 0 Å². The molecule has 3 unspecified atom stereocenters. The number of hydrogen-bond donors (Lipinski definition) is 1.